The van der Waals surface area contributed by atoms with E-state index >= 15 is 0 Å². The topological polar surface area (TPSA) is 88.2 Å². The molecule has 3 aromatic rings. The summed E-state index contributed by atoms with van der Waals surface area (Å²) >= 11 is 0. The summed E-state index contributed by atoms with van der Waals surface area (Å²) in [5, 5.41) is 5.41. The lowest BCUT2D eigenvalue weighted by molar-refractivity contribution is 0.262. The second-order valence-corrected chi connectivity index (χ2v) is 8.40. The molecule has 1 aliphatic rings. The standard InChI is InChI=1S/C20H17N3O3S/c1-27(25,26)19-9-7-16(12-21-19)23-20(24)22-15-6-8-18-14(11-15)10-13-4-2-3-5-17(13)18/h2-9,11-12H,10H2,1H3,(H2,22,23,24). The van der Waals surface area contributed by atoms with Crippen LogP contribution in [0.25, 0.3) is 11.1 Å². The molecule has 0 radical (unpaired) electrons. The van der Waals surface area contributed by atoms with E-state index in [4.69, 9.17) is 0 Å². The van der Waals surface area contributed by atoms with Crippen molar-refractivity contribution in [2.75, 3.05) is 16.9 Å². The van der Waals surface area contributed by atoms with Crippen LogP contribution in [0.5, 0.6) is 0 Å². The Morgan fingerprint density at radius 1 is 0.926 bits per heavy atom. The van der Waals surface area contributed by atoms with Gasteiger partial charge in [0.15, 0.2) is 14.9 Å². The first-order valence-electron chi connectivity index (χ1n) is 8.35. The predicted molar refractivity (Wildman–Crippen MR) is 105 cm³/mol. The third-order valence-electron chi connectivity index (χ3n) is 4.43. The third-order valence-corrected chi connectivity index (χ3v) is 5.43. The molecule has 0 bridgehead atoms. The average Bonchev–Trinajstić information content (AvgIpc) is 2.99. The van der Waals surface area contributed by atoms with Gasteiger partial charge in [-0.3, -0.25) is 0 Å². The maximum absolute atomic E-state index is 12.2. The first-order valence-corrected chi connectivity index (χ1v) is 10.2. The van der Waals surface area contributed by atoms with E-state index in [2.05, 4.69) is 27.8 Å². The van der Waals surface area contributed by atoms with Crippen LogP contribution >= 0.6 is 0 Å². The molecule has 1 aliphatic carbocycles. The van der Waals surface area contributed by atoms with Gasteiger partial charge in [-0.1, -0.05) is 30.3 Å². The van der Waals surface area contributed by atoms with E-state index in [9.17, 15) is 13.2 Å². The van der Waals surface area contributed by atoms with Crippen molar-refractivity contribution in [2.45, 2.75) is 11.4 Å². The molecule has 0 fully saturated rings. The Balaban J connectivity index is 1.46. The SMILES string of the molecule is CS(=O)(=O)c1ccc(NC(=O)Nc2ccc3c(c2)Cc2ccccc2-3)cn1. The van der Waals surface area contributed by atoms with Gasteiger partial charge in [-0.15, -0.1) is 0 Å². The van der Waals surface area contributed by atoms with Gasteiger partial charge in [-0.25, -0.2) is 18.2 Å². The van der Waals surface area contributed by atoms with Gasteiger partial charge in [0.05, 0.1) is 11.9 Å². The lowest BCUT2D eigenvalue weighted by atomic mass is 10.1. The van der Waals surface area contributed by atoms with Gasteiger partial charge in [0.2, 0.25) is 0 Å². The van der Waals surface area contributed by atoms with Gasteiger partial charge in [-0.05, 0) is 52.9 Å². The molecule has 1 heterocycles. The van der Waals surface area contributed by atoms with E-state index in [1.807, 2.05) is 30.3 Å². The lowest BCUT2D eigenvalue weighted by Gasteiger charge is -2.09. The van der Waals surface area contributed by atoms with Crippen LogP contribution in [0.4, 0.5) is 16.2 Å². The van der Waals surface area contributed by atoms with Crippen molar-refractivity contribution < 1.29 is 13.2 Å². The number of hydrogen-bond acceptors (Lipinski definition) is 4. The average molecular weight is 379 g/mol. The predicted octanol–water partition coefficient (Wildman–Crippen LogP) is 3.70. The van der Waals surface area contributed by atoms with Crippen LogP contribution in [0.1, 0.15) is 11.1 Å². The van der Waals surface area contributed by atoms with E-state index in [0.717, 1.165) is 12.7 Å². The number of sulfone groups is 1. The minimum atomic E-state index is -3.36. The van der Waals surface area contributed by atoms with E-state index < -0.39 is 15.9 Å². The molecule has 2 amide bonds. The molecule has 0 aliphatic heterocycles. The van der Waals surface area contributed by atoms with E-state index in [0.29, 0.717) is 11.4 Å². The molecule has 6 nitrogen and oxygen atoms in total. The zero-order valence-corrected chi connectivity index (χ0v) is 15.4. The molecule has 0 saturated heterocycles. The molecule has 0 atom stereocenters. The highest BCUT2D eigenvalue weighted by molar-refractivity contribution is 7.90. The number of hydrogen-bond donors (Lipinski definition) is 2. The molecule has 7 heteroatoms. The summed E-state index contributed by atoms with van der Waals surface area (Å²) < 4.78 is 22.8. The summed E-state index contributed by atoms with van der Waals surface area (Å²) in [4.78, 5) is 16.1. The van der Waals surface area contributed by atoms with E-state index in [1.165, 1.54) is 40.6 Å². The van der Waals surface area contributed by atoms with Crippen molar-refractivity contribution >= 4 is 27.2 Å². The number of nitrogens with zero attached hydrogens (tertiary/aromatic N) is 1. The molecule has 0 unspecified atom stereocenters. The number of carbonyl (C=O) groups is 1. The number of carbonyl (C=O) groups excluding carboxylic acids is 1. The van der Waals surface area contributed by atoms with Crippen molar-refractivity contribution in [2.24, 2.45) is 0 Å². The summed E-state index contributed by atoms with van der Waals surface area (Å²) in [6.45, 7) is 0. The monoisotopic (exact) mass is 379 g/mol. The molecule has 0 spiro atoms. The Kier molecular flexibility index (Phi) is 4.16. The van der Waals surface area contributed by atoms with Crippen LogP contribution in [0.3, 0.4) is 0 Å². The summed E-state index contributed by atoms with van der Waals surface area (Å²) in [5.74, 6) is 0. The van der Waals surface area contributed by atoms with Crippen LogP contribution in [0.2, 0.25) is 0 Å². The van der Waals surface area contributed by atoms with Gasteiger partial charge < -0.3 is 10.6 Å². The molecule has 4 rings (SSSR count). The number of fused-ring (bicyclic) bond motifs is 3. The maximum Gasteiger partial charge on any atom is 0.323 e. The van der Waals surface area contributed by atoms with Gasteiger partial charge in [0.1, 0.15) is 0 Å². The number of aromatic nitrogens is 1. The number of benzene rings is 2. The van der Waals surface area contributed by atoms with E-state index in [-0.39, 0.29) is 5.03 Å². The molecular weight excluding hydrogens is 362 g/mol. The normalized spacial score (nSPS) is 12.2. The minimum absolute atomic E-state index is 0.0355. The first-order chi connectivity index (χ1) is 12.9. The molecule has 2 N–H and O–H groups in total. The quantitative estimate of drug-likeness (QED) is 0.568. The number of amides is 2. The Hall–Kier alpha value is -3.19. The van der Waals surface area contributed by atoms with Gasteiger partial charge >= 0.3 is 6.03 Å². The molecule has 0 saturated carbocycles. The van der Waals surface area contributed by atoms with Crippen LogP contribution in [0.15, 0.2) is 65.8 Å². The molecule has 27 heavy (non-hydrogen) atoms. The second kappa shape index (κ2) is 6.51. The van der Waals surface area contributed by atoms with Crippen LogP contribution in [0, 0.1) is 0 Å². The van der Waals surface area contributed by atoms with Crippen molar-refractivity contribution in [1.82, 2.24) is 4.98 Å². The fraction of sp³-hybridized carbons (Fsp3) is 0.100. The molecule has 136 valence electrons. The number of pyridine rings is 1. The minimum Gasteiger partial charge on any atom is -0.308 e. The van der Waals surface area contributed by atoms with Gasteiger partial charge in [-0.2, -0.15) is 0 Å². The molecular formula is C20H17N3O3S. The number of anilines is 2. The maximum atomic E-state index is 12.2. The highest BCUT2D eigenvalue weighted by atomic mass is 32.2. The first kappa shape index (κ1) is 17.2. The molecule has 1 aromatic heterocycles. The van der Waals surface area contributed by atoms with Crippen molar-refractivity contribution in [3.8, 4) is 11.1 Å². The van der Waals surface area contributed by atoms with Crippen LogP contribution in [-0.4, -0.2) is 25.7 Å². The Bertz CT molecular complexity index is 1140. The number of nitrogens with one attached hydrogen (secondary N) is 2. The summed E-state index contributed by atoms with van der Waals surface area (Å²) in [6, 6.07) is 16.6. The van der Waals surface area contributed by atoms with E-state index in [1.54, 1.807) is 0 Å². The van der Waals surface area contributed by atoms with Crippen LogP contribution in [-0.2, 0) is 16.3 Å². The zero-order valence-electron chi connectivity index (χ0n) is 14.6. The Labute approximate surface area is 157 Å². The fourth-order valence-electron chi connectivity index (χ4n) is 3.19. The number of rotatable bonds is 3. The van der Waals surface area contributed by atoms with Crippen molar-refractivity contribution in [3.63, 3.8) is 0 Å². The smallest absolute Gasteiger partial charge is 0.308 e. The Morgan fingerprint density at radius 3 is 2.37 bits per heavy atom. The third kappa shape index (κ3) is 3.54. The van der Waals surface area contributed by atoms with Crippen molar-refractivity contribution in [3.05, 3.63) is 71.9 Å². The summed E-state index contributed by atoms with van der Waals surface area (Å²) in [6.07, 6.45) is 3.25. The zero-order chi connectivity index (χ0) is 19.0. The molecule has 2 aromatic carbocycles. The summed E-state index contributed by atoms with van der Waals surface area (Å²) in [5.41, 5.74) is 5.99. The second-order valence-electron chi connectivity index (χ2n) is 6.44. The van der Waals surface area contributed by atoms with Crippen LogP contribution < -0.4 is 10.6 Å². The van der Waals surface area contributed by atoms with Gasteiger partial charge in [0, 0.05) is 11.9 Å². The highest BCUT2D eigenvalue weighted by Crippen LogP contribution is 2.37. The van der Waals surface area contributed by atoms with Gasteiger partial charge in [0.25, 0.3) is 0 Å². The summed E-state index contributed by atoms with van der Waals surface area (Å²) in [7, 11) is -3.36. The largest absolute Gasteiger partial charge is 0.323 e. The highest BCUT2D eigenvalue weighted by Gasteiger charge is 2.18. The van der Waals surface area contributed by atoms with Crippen molar-refractivity contribution in [1.29, 1.82) is 0 Å². The lowest BCUT2D eigenvalue weighted by Crippen LogP contribution is -2.19. The fourth-order valence-corrected chi connectivity index (χ4v) is 3.75. The Morgan fingerprint density at radius 2 is 1.63 bits per heavy atom. The number of urea groups is 1.